The SMILES string of the molecule is O=C(CCc1ccccc1)NC1=NNC=CC=C1. The van der Waals surface area contributed by atoms with Crippen LogP contribution in [0.2, 0.25) is 0 Å². The molecule has 0 bridgehead atoms. The Balaban J connectivity index is 1.81. The van der Waals surface area contributed by atoms with Crippen molar-refractivity contribution in [3.05, 3.63) is 60.3 Å². The number of nitrogens with one attached hydrogen (secondary N) is 2. The van der Waals surface area contributed by atoms with Gasteiger partial charge >= 0.3 is 0 Å². The van der Waals surface area contributed by atoms with Crippen LogP contribution in [-0.4, -0.2) is 11.7 Å². The summed E-state index contributed by atoms with van der Waals surface area (Å²) in [6.45, 7) is 0. The van der Waals surface area contributed by atoms with E-state index in [9.17, 15) is 4.79 Å². The summed E-state index contributed by atoms with van der Waals surface area (Å²) in [5, 5.41) is 6.73. The maximum absolute atomic E-state index is 11.7. The Morgan fingerprint density at radius 1 is 1.22 bits per heavy atom. The number of amides is 1. The lowest BCUT2D eigenvalue weighted by atomic mass is 10.1. The zero-order valence-electron chi connectivity index (χ0n) is 9.97. The summed E-state index contributed by atoms with van der Waals surface area (Å²) in [4.78, 5) is 11.7. The molecule has 0 aromatic heterocycles. The molecule has 1 amide bonds. The van der Waals surface area contributed by atoms with Crippen LogP contribution in [0.4, 0.5) is 0 Å². The van der Waals surface area contributed by atoms with Crippen molar-refractivity contribution < 1.29 is 4.79 Å². The Kier molecular flexibility index (Phi) is 4.30. The number of hydrazone groups is 1. The van der Waals surface area contributed by atoms with E-state index in [2.05, 4.69) is 15.8 Å². The summed E-state index contributed by atoms with van der Waals surface area (Å²) < 4.78 is 0. The minimum atomic E-state index is -0.0362. The molecule has 0 fully saturated rings. The molecule has 4 heteroatoms. The molecule has 0 spiro atoms. The van der Waals surface area contributed by atoms with Crippen molar-refractivity contribution in [2.24, 2.45) is 5.10 Å². The van der Waals surface area contributed by atoms with E-state index in [1.807, 2.05) is 42.5 Å². The molecule has 92 valence electrons. The van der Waals surface area contributed by atoms with Crippen LogP contribution >= 0.6 is 0 Å². The standard InChI is InChI=1S/C14H15N3O/c18-14(10-9-12-6-2-1-3-7-12)16-13-8-4-5-11-15-17-13/h1-8,11,15H,9-10H2,(H,16,17,18). The third kappa shape index (κ3) is 3.90. The predicted molar refractivity (Wildman–Crippen MR) is 71.8 cm³/mol. The van der Waals surface area contributed by atoms with Crippen molar-refractivity contribution in [1.82, 2.24) is 10.7 Å². The first-order chi connectivity index (χ1) is 8.84. The van der Waals surface area contributed by atoms with E-state index in [0.717, 1.165) is 12.0 Å². The maximum Gasteiger partial charge on any atom is 0.225 e. The minimum Gasteiger partial charge on any atom is -0.309 e. The van der Waals surface area contributed by atoms with Crippen LogP contribution in [0, 0.1) is 0 Å². The smallest absolute Gasteiger partial charge is 0.225 e. The van der Waals surface area contributed by atoms with Gasteiger partial charge in [0.1, 0.15) is 0 Å². The molecule has 2 rings (SSSR count). The van der Waals surface area contributed by atoms with Crippen LogP contribution in [0.5, 0.6) is 0 Å². The number of hydrogen-bond donors (Lipinski definition) is 2. The topological polar surface area (TPSA) is 53.5 Å². The van der Waals surface area contributed by atoms with Gasteiger partial charge in [0, 0.05) is 12.6 Å². The van der Waals surface area contributed by atoms with Crippen LogP contribution in [-0.2, 0) is 11.2 Å². The summed E-state index contributed by atoms with van der Waals surface area (Å²) in [6.07, 6.45) is 8.25. The first kappa shape index (κ1) is 12.1. The Hall–Kier alpha value is -2.36. The molecular weight excluding hydrogens is 226 g/mol. The molecule has 2 N–H and O–H groups in total. The number of nitrogens with zero attached hydrogens (tertiary/aromatic N) is 1. The number of benzene rings is 1. The van der Waals surface area contributed by atoms with Gasteiger partial charge in [-0.05, 0) is 24.1 Å². The minimum absolute atomic E-state index is 0.0362. The molecule has 1 aliphatic heterocycles. The van der Waals surface area contributed by atoms with Crippen LogP contribution in [0.25, 0.3) is 0 Å². The summed E-state index contributed by atoms with van der Waals surface area (Å²) in [5.41, 5.74) is 3.86. The molecule has 0 radical (unpaired) electrons. The number of amidine groups is 1. The second-order valence-electron chi connectivity index (χ2n) is 3.88. The zero-order valence-corrected chi connectivity index (χ0v) is 9.97. The molecular formula is C14H15N3O. The molecule has 1 aromatic carbocycles. The first-order valence-corrected chi connectivity index (χ1v) is 5.85. The van der Waals surface area contributed by atoms with Crippen molar-refractivity contribution >= 4 is 11.7 Å². The molecule has 1 heterocycles. The highest BCUT2D eigenvalue weighted by Crippen LogP contribution is 2.02. The molecule has 1 aliphatic rings. The highest BCUT2D eigenvalue weighted by molar-refractivity contribution is 6.04. The highest BCUT2D eigenvalue weighted by Gasteiger charge is 2.04. The number of aryl methyl sites for hydroxylation is 1. The van der Waals surface area contributed by atoms with Gasteiger partial charge in [-0.3, -0.25) is 10.2 Å². The second-order valence-corrected chi connectivity index (χ2v) is 3.88. The molecule has 0 unspecified atom stereocenters. The van der Waals surface area contributed by atoms with Gasteiger partial charge in [-0.15, -0.1) is 0 Å². The van der Waals surface area contributed by atoms with E-state index < -0.39 is 0 Å². The number of allylic oxidation sites excluding steroid dienone is 2. The van der Waals surface area contributed by atoms with E-state index in [1.54, 1.807) is 12.3 Å². The summed E-state index contributed by atoms with van der Waals surface area (Å²) >= 11 is 0. The number of hydrogen-bond acceptors (Lipinski definition) is 3. The van der Waals surface area contributed by atoms with Crippen molar-refractivity contribution in [3.8, 4) is 0 Å². The molecule has 1 aromatic rings. The third-order valence-electron chi connectivity index (χ3n) is 2.47. The molecule has 0 saturated carbocycles. The van der Waals surface area contributed by atoms with Gasteiger partial charge in [-0.2, -0.15) is 5.10 Å². The highest BCUT2D eigenvalue weighted by atomic mass is 16.1. The molecule has 0 atom stereocenters. The van der Waals surface area contributed by atoms with Gasteiger partial charge in [0.05, 0.1) is 0 Å². The molecule has 0 aliphatic carbocycles. The third-order valence-corrected chi connectivity index (χ3v) is 2.47. The Labute approximate surface area is 106 Å². The summed E-state index contributed by atoms with van der Waals surface area (Å²) in [5.74, 6) is 0.490. The van der Waals surface area contributed by atoms with E-state index in [0.29, 0.717) is 12.3 Å². The van der Waals surface area contributed by atoms with Crippen LogP contribution in [0.15, 0.2) is 59.9 Å². The molecule has 4 nitrogen and oxygen atoms in total. The fourth-order valence-corrected chi connectivity index (χ4v) is 1.57. The summed E-state index contributed by atoms with van der Waals surface area (Å²) in [7, 11) is 0. The van der Waals surface area contributed by atoms with Gasteiger partial charge in [0.2, 0.25) is 5.91 Å². The Morgan fingerprint density at radius 2 is 2.06 bits per heavy atom. The maximum atomic E-state index is 11.7. The fourth-order valence-electron chi connectivity index (χ4n) is 1.57. The zero-order chi connectivity index (χ0) is 12.6. The van der Waals surface area contributed by atoms with Crippen molar-refractivity contribution in [3.63, 3.8) is 0 Å². The first-order valence-electron chi connectivity index (χ1n) is 5.85. The van der Waals surface area contributed by atoms with E-state index >= 15 is 0 Å². The van der Waals surface area contributed by atoms with Crippen LogP contribution < -0.4 is 10.7 Å². The Bertz CT molecular complexity index is 489. The quantitative estimate of drug-likeness (QED) is 0.846. The molecule has 0 saturated heterocycles. The number of carbonyl (C=O) groups is 1. The lowest BCUT2D eigenvalue weighted by molar-refractivity contribution is -0.119. The Morgan fingerprint density at radius 3 is 2.89 bits per heavy atom. The second kappa shape index (κ2) is 6.39. The van der Waals surface area contributed by atoms with Crippen molar-refractivity contribution in [2.45, 2.75) is 12.8 Å². The van der Waals surface area contributed by atoms with Crippen LogP contribution in [0.1, 0.15) is 12.0 Å². The average Bonchev–Trinajstić information content (AvgIpc) is 2.66. The lowest BCUT2D eigenvalue weighted by Gasteiger charge is -2.04. The van der Waals surface area contributed by atoms with Crippen molar-refractivity contribution in [1.29, 1.82) is 0 Å². The normalized spacial score (nSPS) is 13.4. The lowest BCUT2D eigenvalue weighted by Crippen LogP contribution is -2.30. The van der Waals surface area contributed by atoms with E-state index in [-0.39, 0.29) is 5.91 Å². The van der Waals surface area contributed by atoms with E-state index in [1.165, 1.54) is 0 Å². The van der Waals surface area contributed by atoms with Gasteiger partial charge in [0.15, 0.2) is 5.84 Å². The predicted octanol–water partition coefficient (Wildman–Crippen LogP) is 1.72. The van der Waals surface area contributed by atoms with Gasteiger partial charge in [-0.1, -0.05) is 36.4 Å². The van der Waals surface area contributed by atoms with Crippen molar-refractivity contribution in [2.75, 3.05) is 0 Å². The largest absolute Gasteiger partial charge is 0.309 e. The monoisotopic (exact) mass is 241 g/mol. The van der Waals surface area contributed by atoms with Gasteiger partial charge in [0.25, 0.3) is 0 Å². The van der Waals surface area contributed by atoms with Gasteiger partial charge < -0.3 is 5.32 Å². The molecule has 18 heavy (non-hydrogen) atoms. The summed E-state index contributed by atoms with van der Waals surface area (Å²) in [6, 6.07) is 9.94. The average molecular weight is 241 g/mol. The number of rotatable bonds is 3. The van der Waals surface area contributed by atoms with Crippen LogP contribution in [0.3, 0.4) is 0 Å². The number of carbonyl (C=O) groups excluding carboxylic acids is 1. The fraction of sp³-hybridized carbons (Fsp3) is 0.143. The van der Waals surface area contributed by atoms with Gasteiger partial charge in [-0.25, -0.2) is 0 Å². The van der Waals surface area contributed by atoms with E-state index in [4.69, 9.17) is 0 Å².